The molecule has 0 unspecified atom stereocenters. The van der Waals surface area contributed by atoms with E-state index in [4.69, 9.17) is 4.42 Å². The zero-order valence-corrected chi connectivity index (χ0v) is 15.1. The number of anilines is 1. The van der Waals surface area contributed by atoms with Crippen molar-refractivity contribution in [2.75, 3.05) is 5.32 Å². The molecule has 1 aromatic carbocycles. The van der Waals surface area contributed by atoms with E-state index in [1.165, 1.54) is 10.6 Å². The fourth-order valence-electron chi connectivity index (χ4n) is 2.30. The Morgan fingerprint density at radius 1 is 1.21 bits per heavy atom. The molecule has 1 N–H and O–H groups in total. The van der Waals surface area contributed by atoms with Crippen molar-refractivity contribution in [1.82, 2.24) is 4.57 Å². The molecule has 0 radical (unpaired) electrons. The highest BCUT2D eigenvalue weighted by Gasteiger charge is 2.13. The third-order valence-electron chi connectivity index (χ3n) is 3.55. The molecule has 0 saturated heterocycles. The van der Waals surface area contributed by atoms with Crippen LogP contribution < -0.4 is 10.9 Å². The maximum atomic E-state index is 12.3. The summed E-state index contributed by atoms with van der Waals surface area (Å²) in [6, 6.07) is 14.0. The summed E-state index contributed by atoms with van der Waals surface area (Å²) in [5.41, 5.74) is 1.62. The molecule has 2 aromatic heterocycles. The fourth-order valence-corrected chi connectivity index (χ4v) is 2.94. The summed E-state index contributed by atoms with van der Waals surface area (Å²) >= 11 is 2.22. The molecule has 1 amide bonds. The molecule has 0 aliphatic carbocycles. The van der Waals surface area contributed by atoms with Crippen LogP contribution in [-0.2, 0) is 6.54 Å². The van der Waals surface area contributed by atoms with Gasteiger partial charge in [-0.25, -0.2) is 0 Å². The largest absolute Gasteiger partial charge is 0.454 e. The van der Waals surface area contributed by atoms with Gasteiger partial charge in [-0.15, -0.1) is 0 Å². The van der Waals surface area contributed by atoms with E-state index < -0.39 is 0 Å². The number of benzene rings is 1. The molecule has 3 rings (SSSR count). The number of aromatic nitrogens is 1. The Kier molecular flexibility index (Phi) is 4.84. The highest BCUT2D eigenvalue weighted by Crippen LogP contribution is 2.19. The molecule has 0 spiro atoms. The second-order valence-electron chi connectivity index (χ2n) is 5.35. The minimum absolute atomic E-state index is 0.116. The van der Waals surface area contributed by atoms with Gasteiger partial charge in [0, 0.05) is 21.5 Å². The van der Waals surface area contributed by atoms with E-state index in [0.717, 1.165) is 14.8 Å². The summed E-state index contributed by atoms with van der Waals surface area (Å²) in [5, 5.41) is 2.84. The normalized spacial score (nSPS) is 10.6. The molecule has 3 aromatic rings. The van der Waals surface area contributed by atoms with Crippen LogP contribution in [-0.4, -0.2) is 10.5 Å². The summed E-state index contributed by atoms with van der Waals surface area (Å²) in [6.07, 6.45) is 1.68. The number of carbonyl (C=O) groups excluding carboxylic acids is 1. The maximum absolute atomic E-state index is 12.3. The zero-order valence-electron chi connectivity index (χ0n) is 13.0. The predicted molar refractivity (Wildman–Crippen MR) is 100 cm³/mol. The Labute approximate surface area is 152 Å². The number of nitrogens with one attached hydrogen (secondary N) is 1. The van der Waals surface area contributed by atoms with Gasteiger partial charge < -0.3 is 14.3 Å². The Morgan fingerprint density at radius 2 is 2.04 bits per heavy atom. The first-order valence-corrected chi connectivity index (χ1v) is 8.42. The number of hydrogen-bond donors (Lipinski definition) is 1. The number of halogens is 1. The lowest BCUT2D eigenvalue weighted by Gasteiger charge is -2.07. The zero-order chi connectivity index (χ0) is 17.1. The number of amides is 1. The first-order chi connectivity index (χ1) is 11.5. The highest BCUT2D eigenvalue weighted by molar-refractivity contribution is 14.1. The summed E-state index contributed by atoms with van der Waals surface area (Å²) in [7, 11) is 0. The van der Waals surface area contributed by atoms with E-state index in [2.05, 4.69) is 27.9 Å². The van der Waals surface area contributed by atoms with E-state index in [-0.39, 0.29) is 23.8 Å². The molecular weight excluding hydrogens is 419 g/mol. The van der Waals surface area contributed by atoms with Crippen molar-refractivity contribution in [3.8, 4) is 0 Å². The second-order valence-corrected chi connectivity index (χ2v) is 6.59. The third-order valence-corrected chi connectivity index (χ3v) is 4.22. The molecule has 24 heavy (non-hydrogen) atoms. The minimum Gasteiger partial charge on any atom is -0.454 e. The molecule has 2 heterocycles. The van der Waals surface area contributed by atoms with E-state index >= 15 is 0 Å². The molecule has 0 bridgehead atoms. The Bertz CT molecular complexity index is 943. The van der Waals surface area contributed by atoms with Crippen molar-refractivity contribution in [2.24, 2.45) is 0 Å². The van der Waals surface area contributed by atoms with E-state index in [1.807, 2.05) is 25.1 Å². The quantitative estimate of drug-likeness (QED) is 0.638. The van der Waals surface area contributed by atoms with Crippen molar-refractivity contribution in [1.29, 1.82) is 0 Å². The van der Waals surface area contributed by atoms with Gasteiger partial charge in [0.1, 0.15) is 5.76 Å². The van der Waals surface area contributed by atoms with Crippen molar-refractivity contribution in [3.05, 3.63) is 85.7 Å². The molecule has 0 saturated carbocycles. The SMILES string of the molecule is Cc1cc(I)ccc1NC(=O)c1ccc(Cn2ccccc2=O)o1. The Hall–Kier alpha value is -2.35. The number of rotatable bonds is 4. The minimum atomic E-state index is -0.314. The standard InChI is InChI=1S/C18H15IN2O3/c1-12-10-13(19)5-7-15(12)20-18(23)16-8-6-14(24-16)11-21-9-3-2-4-17(21)22/h2-10H,11H2,1H3,(H,20,23). The van der Waals surface area contributed by atoms with Crippen molar-refractivity contribution in [3.63, 3.8) is 0 Å². The van der Waals surface area contributed by atoms with Crippen LogP contribution in [0.15, 0.2) is 63.9 Å². The van der Waals surface area contributed by atoms with Crippen LogP contribution in [0, 0.1) is 10.5 Å². The number of aryl methyl sites for hydroxylation is 1. The lowest BCUT2D eigenvalue weighted by molar-refractivity contribution is 0.0994. The summed E-state index contributed by atoms with van der Waals surface area (Å²) < 4.78 is 8.19. The second kappa shape index (κ2) is 7.04. The van der Waals surface area contributed by atoms with Crippen molar-refractivity contribution < 1.29 is 9.21 Å². The summed E-state index contributed by atoms with van der Waals surface area (Å²) in [4.78, 5) is 24.0. The Morgan fingerprint density at radius 3 is 2.79 bits per heavy atom. The summed E-state index contributed by atoms with van der Waals surface area (Å²) in [6.45, 7) is 2.22. The lowest BCUT2D eigenvalue weighted by atomic mass is 10.2. The monoisotopic (exact) mass is 434 g/mol. The number of nitrogens with zero attached hydrogens (tertiary/aromatic N) is 1. The van der Waals surface area contributed by atoms with Crippen LogP contribution in [0.4, 0.5) is 5.69 Å². The molecule has 0 aliphatic rings. The van der Waals surface area contributed by atoms with Gasteiger partial charge in [-0.05, 0) is 71.5 Å². The number of hydrogen-bond acceptors (Lipinski definition) is 3. The van der Waals surface area contributed by atoms with Gasteiger partial charge in [0.15, 0.2) is 5.76 Å². The van der Waals surface area contributed by atoms with Crippen molar-refractivity contribution in [2.45, 2.75) is 13.5 Å². The smallest absolute Gasteiger partial charge is 0.291 e. The number of pyridine rings is 1. The van der Waals surface area contributed by atoms with Crippen LogP contribution in [0.5, 0.6) is 0 Å². The molecule has 0 fully saturated rings. The highest BCUT2D eigenvalue weighted by atomic mass is 127. The van der Waals surface area contributed by atoms with Gasteiger partial charge >= 0.3 is 0 Å². The third kappa shape index (κ3) is 3.76. The fraction of sp³-hybridized carbons (Fsp3) is 0.111. The van der Waals surface area contributed by atoms with Crippen molar-refractivity contribution >= 4 is 34.2 Å². The molecule has 6 heteroatoms. The average molecular weight is 434 g/mol. The van der Waals surface area contributed by atoms with Crippen LogP contribution in [0.3, 0.4) is 0 Å². The van der Waals surface area contributed by atoms with Crippen LogP contribution in [0.2, 0.25) is 0 Å². The van der Waals surface area contributed by atoms with E-state index in [9.17, 15) is 9.59 Å². The van der Waals surface area contributed by atoms with Gasteiger partial charge in [0.05, 0.1) is 6.54 Å². The first-order valence-electron chi connectivity index (χ1n) is 7.34. The molecular formula is C18H15IN2O3. The maximum Gasteiger partial charge on any atom is 0.291 e. The first kappa shape index (κ1) is 16.5. The van der Waals surface area contributed by atoms with E-state index in [1.54, 1.807) is 30.5 Å². The van der Waals surface area contributed by atoms with Crippen LogP contribution in [0.1, 0.15) is 21.9 Å². The van der Waals surface area contributed by atoms with Gasteiger partial charge in [-0.1, -0.05) is 6.07 Å². The van der Waals surface area contributed by atoms with Crippen LogP contribution in [0.25, 0.3) is 0 Å². The molecule has 122 valence electrons. The number of carbonyl (C=O) groups is 1. The molecule has 5 nitrogen and oxygen atoms in total. The topological polar surface area (TPSA) is 64.2 Å². The summed E-state index contributed by atoms with van der Waals surface area (Å²) in [5.74, 6) is 0.450. The van der Waals surface area contributed by atoms with Gasteiger partial charge in [0.2, 0.25) is 0 Å². The lowest BCUT2D eigenvalue weighted by Crippen LogP contribution is -2.18. The van der Waals surface area contributed by atoms with E-state index in [0.29, 0.717) is 5.76 Å². The Balaban J connectivity index is 1.74. The average Bonchev–Trinajstić information content (AvgIpc) is 3.01. The van der Waals surface area contributed by atoms with Crippen LogP contribution >= 0.6 is 22.6 Å². The number of furan rings is 1. The van der Waals surface area contributed by atoms with Gasteiger partial charge in [-0.2, -0.15) is 0 Å². The molecule has 0 aliphatic heterocycles. The molecule has 0 atom stereocenters. The van der Waals surface area contributed by atoms with Gasteiger partial charge in [-0.3, -0.25) is 9.59 Å². The van der Waals surface area contributed by atoms with Gasteiger partial charge in [0.25, 0.3) is 11.5 Å². The predicted octanol–water partition coefficient (Wildman–Crippen LogP) is 3.65.